The molecule has 1 unspecified atom stereocenters. The molecule has 1 aromatic heterocycles. The largest absolute Gasteiger partial charge is 0.291 e. The van der Waals surface area contributed by atoms with Gasteiger partial charge in [-0.25, -0.2) is 13.8 Å². The van der Waals surface area contributed by atoms with Crippen LogP contribution in [0.25, 0.3) is 22.0 Å². The number of benzene rings is 2. The zero-order valence-electron chi connectivity index (χ0n) is 20.0. The molecule has 2 N–H and O–H groups in total. The standard InChI is InChI=1S/C28H31N3O3S/c1-18-14-22-5-4-21(15-26(22)29-17-18)19-6-8-23(9-7-19)35(33,34)24-10-12-28(13-11-24)16-25(20-2-3-20)27(32)30-31-28/h4-9,14-15,17,20,24-25,31H,2-3,10-13,16H2,1H3,(H,30,32). The summed E-state index contributed by atoms with van der Waals surface area (Å²) in [6, 6.07) is 15.5. The van der Waals surface area contributed by atoms with E-state index in [-0.39, 0.29) is 22.6 Å². The molecule has 1 aliphatic heterocycles. The molecule has 1 saturated heterocycles. The number of fused-ring (bicyclic) bond motifs is 1. The lowest BCUT2D eigenvalue weighted by Crippen LogP contribution is -2.63. The van der Waals surface area contributed by atoms with Gasteiger partial charge in [-0.2, -0.15) is 0 Å². The van der Waals surface area contributed by atoms with Gasteiger partial charge in [-0.3, -0.25) is 15.2 Å². The highest BCUT2D eigenvalue weighted by Gasteiger charge is 2.48. The zero-order chi connectivity index (χ0) is 24.2. The van der Waals surface area contributed by atoms with Crippen molar-refractivity contribution in [3.63, 3.8) is 0 Å². The molecule has 0 bridgehead atoms. The molecule has 2 heterocycles. The highest BCUT2D eigenvalue weighted by atomic mass is 32.2. The number of rotatable bonds is 4. The van der Waals surface area contributed by atoms with E-state index < -0.39 is 9.84 Å². The topological polar surface area (TPSA) is 88.2 Å². The molecule has 2 aromatic carbocycles. The van der Waals surface area contributed by atoms with Crippen LogP contribution in [0.2, 0.25) is 0 Å². The van der Waals surface area contributed by atoms with E-state index in [0.29, 0.717) is 23.7 Å². The lowest BCUT2D eigenvalue weighted by Gasteiger charge is -2.45. The number of hydrazine groups is 1. The fraction of sp³-hybridized carbons (Fsp3) is 0.429. The Bertz CT molecular complexity index is 1390. The molecular formula is C28H31N3O3S. The van der Waals surface area contributed by atoms with Crippen molar-refractivity contribution in [1.29, 1.82) is 0 Å². The molecule has 7 heteroatoms. The number of nitrogens with one attached hydrogen (secondary N) is 2. The first-order chi connectivity index (χ1) is 16.8. The van der Waals surface area contributed by atoms with Crippen molar-refractivity contribution in [2.75, 3.05) is 0 Å². The third kappa shape index (κ3) is 4.25. The summed E-state index contributed by atoms with van der Waals surface area (Å²) in [6.07, 6.45) is 7.71. The maximum atomic E-state index is 13.4. The number of hydrogen-bond acceptors (Lipinski definition) is 5. The van der Waals surface area contributed by atoms with Gasteiger partial charge in [0, 0.05) is 23.0 Å². The lowest BCUT2D eigenvalue weighted by atomic mass is 9.73. The molecule has 35 heavy (non-hydrogen) atoms. The predicted octanol–water partition coefficient (Wildman–Crippen LogP) is 4.72. The molecule has 6 nitrogen and oxygen atoms in total. The smallest absolute Gasteiger partial charge is 0.237 e. The highest BCUT2D eigenvalue weighted by molar-refractivity contribution is 7.92. The Hall–Kier alpha value is -2.77. The zero-order valence-corrected chi connectivity index (χ0v) is 20.8. The Kier molecular flexibility index (Phi) is 5.45. The van der Waals surface area contributed by atoms with Crippen LogP contribution in [0, 0.1) is 18.8 Å². The number of carbonyl (C=O) groups excluding carboxylic acids is 1. The quantitative estimate of drug-likeness (QED) is 0.554. The molecule has 2 saturated carbocycles. The minimum Gasteiger partial charge on any atom is -0.291 e. The number of carbonyl (C=O) groups is 1. The summed E-state index contributed by atoms with van der Waals surface area (Å²) in [5.41, 5.74) is 10.0. The van der Waals surface area contributed by atoms with E-state index in [9.17, 15) is 13.2 Å². The van der Waals surface area contributed by atoms with E-state index in [1.165, 1.54) is 0 Å². The first kappa shape index (κ1) is 22.7. The molecule has 2 aliphatic carbocycles. The predicted molar refractivity (Wildman–Crippen MR) is 136 cm³/mol. The summed E-state index contributed by atoms with van der Waals surface area (Å²) in [5, 5.41) is 0.712. The monoisotopic (exact) mass is 489 g/mol. The van der Waals surface area contributed by atoms with Gasteiger partial charge in [0.25, 0.3) is 0 Å². The molecule has 3 aromatic rings. The number of sulfone groups is 1. The lowest BCUT2D eigenvalue weighted by molar-refractivity contribution is -0.132. The Morgan fingerprint density at radius 2 is 1.66 bits per heavy atom. The van der Waals surface area contributed by atoms with Crippen molar-refractivity contribution in [3.05, 3.63) is 60.3 Å². The molecule has 6 rings (SSSR count). The summed E-state index contributed by atoms with van der Waals surface area (Å²) in [6.45, 7) is 2.03. The maximum Gasteiger partial charge on any atom is 0.237 e. The van der Waals surface area contributed by atoms with Gasteiger partial charge in [-0.1, -0.05) is 24.3 Å². The maximum absolute atomic E-state index is 13.4. The minimum atomic E-state index is -3.41. The number of aryl methyl sites for hydroxylation is 1. The number of nitrogens with zero attached hydrogens (tertiary/aromatic N) is 1. The Labute approximate surface area is 206 Å². The van der Waals surface area contributed by atoms with E-state index in [1.807, 2.05) is 31.3 Å². The fourth-order valence-corrected chi connectivity index (χ4v) is 7.71. The van der Waals surface area contributed by atoms with Crippen molar-refractivity contribution < 1.29 is 13.2 Å². The second-order valence-electron chi connectivity index (χ2n) is 10.7. The first-order valence-corrected chi connectivity index (χ1v) is 14.2. The van der Waals surface area contributed by atoms with E-state index in [2.05, 4.69) is 34.0 Å². The van der Waals surface area contributed by atoms with Crippen LogP contribution in [0.15, 0.2) is 59.6 Å². The Morgan fingerprint density at radius 1 is 0.943 bits per heavy atom. The Morgan fingerprint density at radius 3 is 2.37 bits per heavy atom. The highest BCUT2D eigenvalue weighted by Crippen LogP contribution is 2.46. The molecule has 0 radical (unpaired) electrons. The molecular weight excluding hydrogens is 458 g/mol. The third-order valence-corrected chi connectivity index (χ3v) is 10.5. The van der Waals surface area contributed by atoms with Gasteiger partial charge in [0.2, 0.25) is 5.91 Å². The van der Waals surface area contributed by atoms with Gasteiger partial charge in [-0.05, 0) is 98.7 Å². The van der Waals surface area contributed by atoms with E-state index in [0.717, 1.165) is 59.7 Å². The number of hydrogen-bond donors (Lipinski definition) is 2. The summed E-state index contributed by atoms with van der Waals surface area (Å²) in [4.78, 5) is 17.2. The number of pyridine rings is 1. The SMILES string of the molecule is Cc1cnc2cc(-c3ccc(S(=O)(=O)C4CCC5(CC4)CC(C4CC4)C(=O)NN5)cc3)ccc2c1. The fourth-order valence-electron chi connectivity index (χ4n) is 5.95. The molecule has 3 fully saturated rings. The van der Waals surface area contributed by atoms with Gasteiger partial charge >= 0.3 is 0 Å². The summed E-state index contributed by atoms with van der Waals surface area (Å²) < 4.78 is 26.9. The molecule has 182 valence electrons. The Balaban J connectivity index is 1.16. The average Bonchev–Trinajstić information content (AvgIpc) is 3.71. The summed E-state index contributed by atoms with van der Waals surface area (Å²) >= 11 is 0. The molecule has 3 aliphatic rings. The van der Waals surface area contributed by atoms with Crippen molar-refractivity contribution in [2.45, 2.75) is 67.6 Å². The van der Waals surface area contributed by atoms with Crippen LogP contribution in [0.1, 0.15) is 50.5 Å². The van der Waals surface area contributed by atoms with Gasteiger partial charge in [0.15, 0.2) is 9.84 Å². The third-order valence-electron chi connectivity index (χ3n) is 8.25. The van der Waals surface area contributed by atoms with E-state index >= 15 is 0 Å². The minimum absolute atomic E-state index is 0.0753. The second kappa shape index (κ2) is 8.42. The average molecular weight is 490 g/mol. The summed E-state index contributed by atoms with van der Waals surface area (Å²) in [7, 11) is -3.41. The molecule has 1 amide bonds. The summed E-state index contributed by atoms with van der Waals surface area (Å²) in [5.74, 6) is 0.688. The van der Waals surface area contributed by atoms with Crippen molar-refractivity contribution in [3.8, 4) is 11.1 Å². The van der Waals surface area contributed by atoms with Crippen LogP contribution in [-0.2, 0) is 14.6 Å². The van der Waals surface area contributed by atoms with Crippen LogP contribution in [0.3, 0.4) is 0 Å². The van der Waals surface area contributed by atoms with Crippen molar-refractivity contribution in [1.82, 2.24) is 15.8 Å². The van der Waals surface area contributed by atoms with E-state index in [4.69, 9.17) is 0 Å². The van der Waals surface area contributed by atoms with Gasteiger partial charge in [-0.15, -0.1) is 0 Å². The van der Waals surface area contributed by atoms with Crippen molar-refractivity contribution >= 4 is 26.6 Å². The van der Waals surface area contributed by atoms with Crippen LogP contribution >= 0.6 is 0 Å². The molecule has 1 atom stereocenters. The van der Waals surface area contributed by atoms with Crippen molar-refractivity contribution in [2.24, 2.45) is 11.8 Å². The van der Waals surface area contributed by atoms with Crippen LogP contribution < -0.4 is 10.9 Å². The van der Waals surface area contributed by atoms with Gasteiger partial charge < -0.3 is 0 Å². The van der Waals surface area contributed by atoms with Crippen LogP contribution in [0.5, 0.6) is 0 Å². The normalized spacial score (nSPS) is 27.2. The van der Waals surface area contributed by atoms with E-state index in [1.54, 1.807) is 12.1 Å². The number of amides is 1. The number of aromatic nitrogens is 1. The van der Waals surface area contributed by atoms with Gasteiger partial charge in [0.1, 0.15) is 0 Å². The van der Waals surface area contributed by atoms with Crippen LogP contribution in [0.4, 0.5) is 0 Å². The second-order valence-corrected chi connectivity index (χ2v) is 13.0. The van der Waals surface area contributed by atoms with Gasteiger partial charge in [0.05, 0.1) is 15.7 Å². The van der Waals surface area contributed by atoms with Crippen LogP contribution in [-0.4, -0.2) is 30.1 Å². The first-order valence-electron chi connectivity index (χ1n) is 12.6. The molecule has 1 spiro atoms.